The molecule has 1 fully saturated rings. The van der Waals surface area contributed by atoms with Crippen LogP contribution in [0.3, 0.4) is 0 Å². The number of nitrogens with one attached hydrogen (secondary N) is 1. The van der Waals surface area contributed by atoms with Crippen molar-refractivity contribution in [3.05, 3.63) is 22.2 Å². The molecule has 3 rings (SSSR count). The van der Waals surface area contributed by atoms with Gasteiger partial charge in [0.25, 0.3) is 0 Å². The summed E-state index contributed by atoms with van der Waals surface area (Å²) in [6, 6.07) is 3.45. The Hall–Kier alpha value is -0.660. The summed E-state index contributed by atoms with van der Waals surface area (Å²) in [7, 11) is 0. The number of aryl methyl sites for hydroxylation is 1. The summed E-state index contributed by atoms with van der Waals surface area (Å²) in [6.07, 6.45) is 0.327. The van der Waals surface area contributed by atoms with Crippen LogP contribution in [0.2, 0.25) is 5.02 Å². The van der Waals surface area contributed by atoms with Crippen LogP contribution in [0.4, 0.5) is 5.69 Å². The van der Waals surface area contributed by atoms with Gasteiger partial charge in [-0.15, -0.1) is 11.3 Å². The van der Waals surface area contributed by atoms with Gasteiger partial charge in [-0.05, 0) is 25.5 Å². The van der Waals surface area contributed by atoms with Gasteiger partial charge in [0.1, 0.15) is 0 Å². The SMILES string of the molecule is Cc1nc2cc(Cl)c(NC(=O)[C@@H]3C[C@@H]3C(=O)[O-])cc2s1.[Na+]. The molecule has 1 N–H and O–H groups in total. The van der Waals surface area contributed by atoms with Crippen LogP contribution in [0.1, 0.15) is 11.4 Å². The van der Waals surface area contributed by atoms with Crippen molar-refractivity contribution in [2.45, 2.75) is 13.3 Å². The van der Waals surface area contributed by atoms with Crippen molar-refractivity contribution in [2.75, 3.05) is 5.32 Å². The molecule has 104 valence electrons. The topological polar surface area (TPSA) is 82.1 Å². The zero-order chi connectivity index (χ0) is 14.4. The zero-order valence-electron chi connectivity index (χ0n) is 11.5. The maximum Gasteiger partial charge on any atom is 1.00 e. The van der Waals surface area contributed by atoms with Gasteiger partial charge in [-0.25, -0.2) is 4.98 Å². The molecule has 1 saturated carbocycles. The molecule has 21 heavy (non-hydrogen) atoms. The number of carbonyl (C=O) groups is 2. The summed E-state index contributed by atoms with van der Waals surface area (Å²) in [6.45, 7) is 1.89. The van der Waals surface area contributed by atoms with E-state index in [2.05, 4.69) is 10.3 Å². The summed E-state index contributed by atoms with van der Waals surface area (Å²) in [5.74, 6) is -2.70. The molecule has 1 heterocycles. The quantitative estimate of drug-likeness (QED) is 0.700. The van der Waals surface area contributed by atoms with Crippen LogP contribution in [0.25, 0.3) is 10.2 Å². The van der Waals surface area contributed by atoms with Gasteiger partial charge < -0.3 is 15.2 Å². The number of aliphatic carboxylic acids is 1. The molecule has 0 unspecified atom stereocenters. The van der Waals surface area contributed by atoms with Crippen LogP contribution in [0.5, 0.6) is 0 Å². The molecular weight excluding hydrogens is 323 g/mol. The van der Waals surface area contributed by atoms with Crippen LogP contribution in [-0.4, -0.2) is 16.9 Å². The van der Waals surface area contributed by atoms with Crippen LogP contribution < -0.4 is 40.0 Å². The van der Waals surface area contributed by atoms with Crippen LogP contribution in [-0.2, 0) is 9.59 Å². The molecule has 0 bridgehead atoms. The fourth-order valence-electron chi connectivity index (χ4n) is 2.13. The molecule has 1 aromatic heterocycles. The third kappa shape index (κ3) is 3.40. The van der Waals surface area contributed by atoms with Gasteiger partial charge in [-0.2, -0.15) is 0 Å². The van der Waals surface area contributed by atoms with E-state index in [0.29, 0.717) is 17.1 Å². The maximum atomic E-state index is 11.9. The number of halogens is 1. The van der Waals surface area contributed by atoms with E-state index < -0.39 is 17.8 Å². The first-order valence-electron chi connectivity index (χ1n) is 6.04. The van der Waals surface area contributed by atoms with Gasteiger partial charge in [-0.3, -0.25) is 4.79 Å². The van der Waals surface area contributed by atoms with Crippen molar-refractivity contribution in [3.8, 4) is 0 Å². The number of aromatic nitrogens is 1. The number of hydrogen-bond donors (Lipinski definition) is 1. The average molecular weight is 333 g/mol. The van der Waals surface area contributed by atoms with Crippen molar-refractivity contribution in [1.82, 2.24) is 4.98 Å². The Balaban J connectivity index is 0.00000161. The van der Waals surface area contributed by atoms with E-state index in [4.69, 9.17) is 11.6 Å². The summed E-state index contributed by atoms with van der Waals surface area (Å²) < 4.78 is 0.925. The first-order chi connectivity index (χ1) is 9.45. The standard InChI is InChI=1S/C13H11ClN2O3S.Na/c1-5-15-10-3-8(14)9(4-11(10)20-5)16-12(17)6-2-7(6)13(18)19;/h3-4,6-7H,2H2,1H3,(H,16,17)(H,18,19);/q;+1/p-1/t6-,7+;/m1./s1. The van der Waals surface area contributed by atoms with E-state index in [1.807, 2.05) is 6.92 Å². The van der Waals surface area contributed by atoms with Crippen molar-refractivity contribution >= 4 is 50.7 Å². The number of anilines is 1. The fourth-order valence-corrected chi connectivity index (χ4v) is 3.18. The summed E-state index contributed by atoms with van der Waals surface area (Å²) in [5, 5.41) is 14.6. The Bertz CT molecular complexity index is 734. The minimum absolute atomic E-state index is 0. The number of fused-ring (bicyclic) bond motifs is 1. The molecule has 8 heteroatoms. The summed E-state index contributed by atoms with van der Waals surface area (Å²) >= 11 is 7.61. The van der Waals surface area contributed by atoms with Crippen molar-refractivity contribution in [2.24, 2.45) is 11.8 Å². The minimum Gasteiger partial charge on any atom is -0.550 e. The monoisotopic (exact) mass is 332 g/mol. The molecule has 5 nitrogen and oxygen atoms in total. The predicted molar refractivity (Wildman–Crippen MR) is 74.6 cm³/mol. The van der Waals surface area contributed by atoms with E-state index in [1.165, 1.54) is 11.3 Å². The van der Waals surface area contributed by atoms with Gasteiger partial charge in [0.05, 0.1) is 25.9 Å². The average Bonchev–Trinajstić information content (AvgIpc) is 3.08. The van der Waals surface area contributed by atoms with Crippen LogP contribution in [0.15, 0.2) is 12.1 Å². The first-order valence-corrected chi connectivity index (χ1v) is 7.23. The number of hydrogen-bond acceptors (Lipinski definition) is 5. The molecule has 1 aliphatic carbocycles. The second-order valence-electron chi connectivity index (χ2n) is 4.79. The summed E-state index contributed by atoms with van der Waals surface area (Å²) in [5.41, 5.74) is 1.27. The Morgan fingerprint density at radius 2 is 2.14 bits per heavy atom. The van der Waals surface area contributed by atoms with Gasteiger partial charge in [0.15, 0.2) is 0 Å². The van der Waals surface area contributed by atoms with Crippen molar-refractivity contribution in [1.29, 1.82) is 0 Å². The number of carbonyl (C=O) groups excluding carboxylic acids is 2. The third-order valence-corrected chi connectivity index (χ3v) is 4.52. The van der Waals surface area contributed by atoms with Gasteiger partial charge in [0.2, 0.25) is 5.91 Å². The third-order valence-electron chi connectivity index (χ3n) is 3.27. The molecule has 2 atom stereocenters. The number of rotatable bonds is 3. The Morgan fingerprint density at radius 1 is 1.43 bits per heavy atom. The Kier molecular flexibility index (Phi) is 4.95. The largest absolute Gasteiger partial charge is 1.00 e. The van der Waals surface area contributed by atoms with Crippen molar-refractivity contribution in [3.63, 3.8) is 0 Å². The number of nitrogens with zero attached hydrogens (tertiary/aromatic N) is 1. The first kappa shape index (κ1) is 16.7. The smallest absolute Gasteiger partial charge is 0.550 e. The number of benzene rings is 1. The van der Waals surface area contributed by atoms with E-state index in [9.17, 15) is 14.7 Å². The molecule has 0 radical (unpaired) electrons. The van der Waals surface area contributed by atoms with Gasteiger partial charge >= 0.3 is 29.6 Å². The maximum absolute atomic E-state index is 11.9. The minimum atomic E-state index is -1.18. The van der Waals surface area contributed by atoms with Crippen LogP contribution in [0, 0.1) is 18.8 Å². The Labute approximate surface area is 152 Å². The van der Waals surface area contributed by atoms with E-state index >= 15 is 0 Å². The van der Waals surface area contributed by atoms with E-state index in [-0.39, 0.29) is 35.5 Å². The fraction of sp³-hybridized carbons (Fsp3) is 0.308. The molecule has 0 aliphatic heterocycles. The molecule has 1 amide bonds. The van der Waals surface area contributed by atoms with Gasteiger partial charge in [-0.1, -0.05) is 11.6 Å². The number of carboxylic acid groups (broad SMARTS) is 1. The van der Waals surface area contributed by atoms with Gasteiger partial charge in [0, 0.05) is 17.8 Å². The zero-order valence-corrected chi connectivity index (χ0v) is 15.0. The van der Waals surface area contributed by atoms with E-state index in [1.54, 1.807) is 12.1 Å². The Morgan fingerprint density at radius 3 is 2.76 bits per heavy atom. The predicted octanol–water partition coefficient (Wildman–Crippen LogP) is -1.41. The normalized spacial score (nSPS) is 19.9. The number of carboxylic acids is 1. The molecule has 0 spiro atoms. The molecule has 0 saturated heterocycles. The number of thiazole rings is 1. The van der Waals surface area contributed by atoms with Crippen molar-refractivity contribution < 1.29 is 44.3 Å². The second kappa shape index (κ2) is 6.22. The molecule has 1 aliphatic rings. The summed E-state index contributed by atoms with van der Waals surface area (Å²) in [4.78, 5) is 26.9. The second-order valence-corrected chi connectivity index (χ2v) is 6.43. The molecule has 2 aromatic rings. The van der Waals surface area contributed by atoms with E-state index in [0.717, 1.165) is 15.2 Å². The molecular formula is C13H10ClN2NaO3S. The molecule has 1 aromatic carbocycles. The van der Waals surface area contributed by atoms with Crippen LogP contribution >= 0.6 is 22.9 Å². The number of amides is 1.